The van der Waals surface area contributed by atoms with E-state index in [1.165, 1.54) is 17.8 Å². The van der Waals surface area contributed by atoms with Crippen LogP contribution in [0.3, 0.4) is 0 Å². The zero-order chi connectivity index (χ0) is 19.4. The van der Waals surface area contributed by atoms with Crippen LogP contribution < -0.4 is 5.32 Å². The van der Waals surface area contributed by atoms with Gasteiger partial charge in [0.2, 0.25) is 10.0 Å². The predicted octanol–water partition coefficient (Wildman–Crippen LogP) is 3.62. The molecule has 1 aliphatic heterocycles. The molecule has 8 heteroatoms. The smallest absolute Gasteiger partial charge is 0.255 e. The third-order valence-electron chi connectivity index (χ3n) is 4.65. The van der Waals surface area contributed by atoms with Crippen molar-refractivity contribution in [2.24, 2.45) is 0 Å². The first-order valence-electron chi connectivity index (χ1n) is 8.85. The number of hydrogen-bond acceptors (Lipinski definition) is 5. The summed E-state index contributed by atoms with van der Waals surface area (Å²) in [6, 6.07) is 9.76. The van der Waals surface area contributed by atoms with Crippen molar-refractivity contribution in [2.75, 3.05) is 18.1 Å². The summed E-state index contributed by atoms with van der Waals surface area (Å²) < 4.78 is 27.5. The quantitative estimate of drug-likeness (QED) is 0.769. The van der Waals surface area contributed by atoms with Gasteiger partial charge in [-0.1, -0.05) is 12.5 Å². The number of rotatable bonds is 5. The fourth-order valence-electron chi connectivity index (χ4n) is 3.14. The number of nitrogens with zero attached hydrogens (tertiary/aromatic N) is 2. The maximum Gasteiger partial charge on any atom is 0.255 e. The summed E-state index contributed by atoms with van der Waals surface area (Å²) in [5.41, 5.74) is 0.866. The number of sulfonamides is 1. The van der Waals surface area contributed by atoms with E-state index in [4.69, 9.17) is 0 Å². The first kappa shape index (κ1) is 19.9. The Hall–Kier alpha value is -1.90. The largest absolute Gasteiger partial charge is 0.321 e. The summed E-state index contributed by atoms with van der Waals surface area (Å²) in [5.74, 6) is -0.363. The van der Waals surface area contributed by atoms with E-state index in [1.807, 2.05) is 19.2 Å². The van der Waals surface area contributed by atoms with Crippen LogP contribution in [0.4, 0.5) is 5.69 Å². The number of benzene rings is 1. The molecule has 1 amide bonds. The Bertz CT molecular complexity index is 914. The first-order chi connectivity index (χ1) is 12.9. The number of amides is 1. The number of hydrogen-bond donors (Lipinski definition) is 1. The van der Waals surface area contributed by atoms with Gasteiger partial charge < -0.3 is 5.32 Å². The van der Waals surface area contributed by atoms with Crippen molar-refractivity contribution in [3.05, 3.63) is 48.2 Å². The van der Waals surface area contributed by atoms with E-state index >= 15 is 0 Å². The van der Waals surface area contributed by atoms with E-state index in [9.17, 15) is 13.2 Å². The maximum absolute atomic E-state index is 13.0. The lowest BCUT2D eigenvalue weighted by molar-refractivity contribution is 0.102. The highest BCUT2D eigenvalue weighted by Crippen LogP contribution is 2.25. The van der Waals surface area contributed by atoms with Gasteiger partial charge >= 0.3 is 0 Å². The lowest BCUT2D eigenvalue weighted by Gasteiger charge is -2.32. The predicted molar refractivity (Wildman–Crippen MR) is 108 cm³/mol. The number of carbonyl (C=O) groups is 1. The highest BCUT2D eigenvalue weighted by molar-refractivity contribution is 7.98. The molecular weight excluding hydrogens is 382 g/mol. The van der Waals surface area contributed by atoms with Crippen molar-refractivity contribution >= 4 is 33.4 Å². The SMILES string of the molecule is CSc1ccc(NC(=O)c2cccc(S(=O)(=O)N3CCCCC3C)c2)cn1. The van der Waals surface area contributed by atoms with Gasteiger partial charge in [0, 0.05) is 18.2 Å². The molecule has 2 heterocycles. The molecule has 144 valence electrons. The van der Waals surface area contributed by atoms with Crippen LogP contribution in [0.2, 0.25) is 0 Å². The molecular formula is C19H23N3O3S2. The van der Waals surface area contributed by atoms with E-state index in [0.29, 0.717) is 17.8 Å². The second-order valence-electron chi connectivity index (χ2n) is 6.53. The normalized spacial score (nSPS) is 18.2. The van der Waals surface area contributed by atoms with E-state index in [2.05, 4.69) is 10.3 Å². The average Bonchev–Trinajstić information content (AvgIpc) is 2.69. The van der Waals surface area contributed by atoms with Gasteiger partial charge in [-0.3, -0.25) is 4.79 Å². The van der Waals surface area contributed by atoms with Gasteiger partial charge in [0.15, 0.2) is 0 Å². The summed E-state index contributed by atoms with van der Waals surface area (Å²) >= 11 is 1.52. The van der Waals surface area contributed by atoms with Crippen molar-refractivity contribution < 1.29 is 13.2 Å². The van der Waals surface area contributed by atoms with Crippen molar-refractivity contribution in [3.63, 3.8) is 0 Å². The Kier molecular flexibility index (Phi) is 6.18. The molecule has 0 radical (unpaired) electrons. The number of pyridine rings is 1. The molecule has 3 rings (SSSR count). The molecule has 1 aromatic heterocycles. The van der Waals surface area contributed by atoms with Gasteiger partial charge in [0.25, 0.3) is 5.91 Å². The van der Waals surface area contributed by atoms with Crippen LogP contribution in [0, 0.1) is 0 Å². The van der Waals surface area contributed by atoms with Crippen LogP contribution in [0.25, 0.3) is 0 Å². The monoisotopic (exact) mass is 405 g/mol. The molecule has 1 fully saturated rings. The van der Waals surface area contributed by atoms with Crippen LogP contribution >= 0.6 is 11.8 Å². The maximum atomic E-state index is 13.0. The molecule has 0 saturated carbocycles. The second kappa shape index (κ2) is 8.41. The van der Waals surface area contributed by atoms with Gasteiger partial charge in [0.1, 0.15) is 0 Å². The molecule has 0 bridgehead atoms. The number of nitrogens with one attached hydrogen (secondary N) is 1. The summed E-state index contributed by atoms with van der Waals surface area (Å²) in [4.78, 5) is 16.9. The Morgan fingerprint density at radius 1 is 1.26 bits per heavy atom. The summed E-state index contributed by atoms with van der Waals surface area (Å²) in [6.07, 6.45) is 6.27. The minimum atomic E-state index is -3.61. The van der Waals surface area contributed by atoms with Gasteiger partial charge in [-0.25, -0.2) is 13.4 Å². The third-order valence-corrected chi connectivity index (χ3v) is 7.32. The van der Waals surface area contributed by atoms with Gasteiger partial charge in [-0.05, 0) is 56.4 Å². The fraction of sp³-hybridized carbons (Fsp3) is 0.368. The van der Waals surface area contributed by atoms with Crippen LogP contribution in [0.5, 0.6) is 0 Å². The topological polar surface area (TPSA) is 79.4 Å². The van der Waals surface area contributed by atoms with Gasteiger partial charge in [-0.15, -0.1) is 11.8 Å². The molecule has 1 N–H and O–H groups in total. The number of thioether (sulfide) groups is 1. The van der Waals surface area contributed by atoms with E-state index < -0.39 is 10.0 Å². The highest BCUT2D eigenvalue weighted by Gasteiger charge is 2.31. The molecule has 2 aromatic rings. The minimum Gasteiger partial charge on any atom is -0.321 e. The molecule has 1 atom stereocenters. The molecule has 1 aliphatic rings. The molecule has 0 spiro atoms. The van der Waals surface area contributed by atoms with Gasteiger partial charge in [-0.2, -0.15) is 4.31 Å². The van der Waals surface area contributed by atoms with E-state index in [-0.39, 0.29) is 16.8 Å². The summed E-state index contributed by atoms with van der Waals surface area (Å²) in [6.45, 7) is 2.45. The number of anilines is 1. The average molecular weight is 406 g/mol. The second-order valence-corrected chi connectivity index (χ2v) is 9.25. The number of aromatic nitrogens is 1. The van der Waals surface area contributed by atoms with E-state index in [0.717, 1.165) is 24.3 Å². The standard InChI is InChI=1S/C19H23N3O3S2/c1-14-6-3-4-11-22(14)27(24,25)17-8-5-7-15(12-17)19(23)21-16-9-10-18(26-2)20-13-16/h5,7-10,12-14H,3-4,6,11H2,1-2H3,(H,21,23). The Morgan fingerprint density at radius 3 is 2.74 bits per heavy atom. The third kappa shape index (κ3) is 4.51. The van der Waals surface area contributed by atoms with E-state index in [1.54, 1.807) is 34.8 Å². The van der Waals surface area contributed by atoms with Crippen molar-refractivity contribution in [3.8, 4) is 0 Å². The molecule has 6 nitrogen and oxygen atoms in total. The molecule has 1 unspecified atom stereocenters. The Labute approximate surface area is 164 Å². The number of piperidine rings is 1. The van der Waals surface area contributed by atoms with Crippen LogP contribution in [-0.4, -0.2) is 42.5 Å². The zero-order valence-electron chi connectivity index (χ0n) is 15.4. The molecule has 1 aromatic carbocycles. The molecule has 27 heavy (non-hydrogen) atoms. The first-order valence-corrected chi connectivity index (χ1v) is 11.5. The molecule has 1 saturated heterocycles. The Balaban J connectivity index is 1.80. The van der Waals surface area contributed by atoms with Crippen molar-refractivity contribution in [1.82, 2.24) is 9.29 Å². The van der Waals surface area contributed by atoms with Crippen LogP contribution in [0.15, 0.2) is 52.5 Å². The summed E-state index contributed by atoms with van der Waals surface area (Å²) in [7, 11) is -3.61. The fourth-order valence-corrected chi connectivity index (χ4v) is 5.25. The van der Waals surface area contributed by atoms with Crippen LogP contribution in [0.1, 0.15) is 36.5 Å². The Morgan fingerprint density at radius 2 is 2.07 bits per heavy atom. The van der Waals surface area contributed by atoms with Crippen molar-refractivity contribution in [1.29, 1.82) is 0 Å². The minimum absolute atomic E-state index is 0.0257. The number of carbonyl (C=O) groups excluding carboxylic acids is 1. The van der Waals surface area contributed by atoms with Gasteiger partial charge in [0.05, 0.1) is 21.8 Å². The molecule has 0 aliphatic carbocycles. The lowest BCUT2D eigenvalue weighted by atomic mass is 10.1. The lowest BCUT2D eigenvalue weighted by Crippen LogP contribution is -2.41. The highest BCUT2D eigenvalue weighted by atomic mass is 32.2. The van der Waals surface area contributed by atoms with Crippen LogP contribution in [-0.2, 0) is 10.0 Å². The van der Waals surface area contributed by atoms with Crippen molar-refractivity contribution in [2.45, 2.75) is 42.1 Å². The zero-order valence-corrected chi connectivity index (χ0v) is 17.0. The summed E-state index contributed by atoms with van der Waals surface area (Å²) in [5, 5.41) is 3.62.